The molecular formula is C8H8ClN3S. The van der Waals surface area contributed by atoms with Gasteiger partial charge in [0, 0.05) is 4.88 Å². The highest BCUT2D eigenvalue weighted by molar-refractivity contribution is 7.09. The number of rotatable bonds is 3. The van der Waals surface area contributed by atoms with Crippen LogP contribution < -0.4 is 0 Å². The van der Waals surface area contributed by atoms with E-state index in [2.05, 4.69) is 21.6 Å². The van der Waals surface area contributed by atoms with Crippen LogP contribution in [0, 0.1) is 0 Å². The summed E-state index contributed by atoms with van der Waals surface area (Å²) < 4.78 is 1.96. The Balaban J connectivity index is 2.18. The SMILES string of the molecule is ClCc1nncn1Cc1cccs1. The van der Waals surface area contributed by atoms with Crippen molar-refractivity contribution in [3.05, 3.63) is 34.5 Å². The summed E-state index contributed by atoms with van der Waals surface area (Å²) in [6.45, 7) is 0.812. The third kappa shape index (κ3) is 1.89. The molecule has 0 aromatic carbocycles. The van der Waals surface area contributed by atoms with E-state index >= 15 is 0 Å². The van der Waals surface area contributed by atoms with Crippen LogP contribution in [0.1, 0.15) is 10.7 Å². The highest BCUT2D eigenvalue weighted by Gasteiger charge is 2.02. The van der Waals surface area contributed by atoms with Crippen molar-refractivity contribution in [3.8, 4) is 0 Å². The van der Waals surface area contributed by atoms with Crippen molar-refractivity contribution >= 4 is 22.9 Å². The predicted molar refractivity (Wildman–Crippen MR) is 53.0 cm³/mol. The van der Waals surface area contributed by atoms with E-state index in [1.165, 1.54) is 4.88 Å². The summed E-state index contributed by atoms with van der Waals surface area (Å²) in [5.41, 5.74) is 0. The molecule has 0 aliphatic carbocycles. The van der Waals surface area contributed by atoms with Gasteiger partial charge in [-0.3, -0.25) is 0 Å². The minimum Gasteiger partial charge on any atom is -0.311 e. The first-order valence-electron chi connectivity index (χ1n) is 3.85. The van der Waals surface area contributed by atoms with Crippen LogP contribution in [-0.2, 0) is 12.4 Å². The Bertz CT molecular complexity index is 368. The van der Waals surface area contributed by atoms with Crippen molar-refractivity contribution < 1.29 is 0 Å². The molecule has 13 heavy (non-hydrogen) atoms. The van der Waals surface area contributed by atoms with Crippen LogP contribution in [0.3, 0.4) is 0 Å². The zero-order valence-electron chi connectivity index (χ0n) is 6.85. The van der Waals surface area contributed by atoms with Gasteiger partial charge in [0.05, 0.1) is 12.4 Å². The molecule has 0 atom stereocenters. The number of hydrogen-bond donors (Lipinski definition) is 0. The Kier molecular flexibility index (Phi) is 2.61. The molecule has 3 nitrogen and oxygen atoms in total. The Morgan fingerprint density at radius 1 is 1.54 bits per heavy atom. The van der Waals surface area contributed by atoms with Gasteiger partial charge in [0.25, 0.3) is 0 Å². The second kappa shape index (κ2) is 3.89. The Morgan fingerprint density at radius 3 is 3.15 bits per heavy atom. The van der Waals surface area contributed by atoms with E-state index in [1.54, 1.807) is 17.7 Å². The fourth-order valence-corrected chi connectivity index (χ4v) is 1.99. The van der Waals surface area contributed by atoms with Crippen molar-refractivity contribution in [2.45, 2.75) is 12.4 Å². The monoisotopic (exact) mass is 213 g/mol. The van der Waals surface area contributed by atoms with Crippen LogP contribution in [0.15, 0.2) is 23.8 Å². The average molecular weight is 214 g/mol. The van der Waals surface area contributed by atoms with Crippen molar-refractivity contribution in [1.29, 1.82) is 0 Å². The number of alkyl halides is 1. The maximum Gasteiger partial charge on any atom is 0.148 e. The summed E-state index contributed by atoms with van der Waals surface area (Å²) in [7, 11) is 0. The lowest BCUT2D eigenvalue weighted by Crippen LogP contribution is -2.00. The molecule has 0 saturated heterocycles. The lowest BCUT2D eigenvalue weighted by Gasteiger charge is -2.00. The molecule has 0 spiro atoms. The van der Waals surface area contributed by atoms with Crippen molar-refractivity contribution in [2.24, 2.45) is 0 Å². The Morgan fingerprint density at radius 2 is 2.46 bits per heavy atom. The Hall–Kier alpha value is -0.870. The first-order chi connectivity index (χ1) is 6.40. The molecule has 0 unspecified atom stereocenters. The second-order valence-electron chi connectivity index (χ2n) is 2.59. The van der Waals surface area contributed by atoms with Gasteiger partial charge >= 0.3 is 0 Å². The maximum atomic E-state index is 5.69. The third-order valence-electron chi connectivity index (χ3n) is 1.72. The summed E-state index contributed by atoms with van der Waals surface area (Å²) in [5.74, 6) is 1.22. The molecule has 0 aliphatic heterocycles. The molecule has 2 aromatic rings. The van der Waals surface area contributed by atoms with Gasteiger partial charge in [-0.05, 0) is 11.4 Å². The normalized spacial score (nSPS) is 10.5. The van der Waals surface area contributed by atoms with Gasteiger partial charge in [-0.2, -0.15) is 0 Å². The van der Waals surface area contributed by atoms with Gasteiger partial charge in [0.1, 0.15) is 12.2 Å². The van der Waals surface area contributed by atoms with Crippen LogP contribution in [-0.4, -0.2) is 14.8 Å². The molecule has 0 saturated carbocycles. The predicted octanol–water partition coefficient (Wildman–Crippen LogP) is 2.13. The molecule has 2 heterocycles. The molecule has 0 amide bonds. The third-order valence-corrected chi connectivity index (χ3v) is 2.82. The second-order valence-corrected chi connectivity index (χ2v) is 3.89. The fourth-order valence-electron chi connectivity index (χ4n) is 1.08. The minimum absolute atomic E-state index is 0.408. The summed E-state index contributed by atoms with van der Waals surface area (Å²) in [6, 6.07) is 4.12. The lowest BCUT2D eigenvalue weighted by molar-refractivity contribution is 0.764. The highest BCUT2D eigenvalue weighted by atomic mass is 35.5. The first kappa shape index (κ1) is 8.72. The number of nitrogens with zero attached hydrogens (tertiary/aromatic N) is 3. The molecule has 2 rings (SSSR count). The molecule has 0 radical (unpaired) electrons. The number of aromatic nitrogens is 3. The van der Waals surface area contributed by atoms with E-state index in [-0.39, 0.29) is 0 Å². The van der Waals surface area contributed by atoms with E-state index < -0.39 is 0 Å². The lowest BCUT2D eigenvalue weighted by atomic mass is 10.4. The number of thiophene rings is 1. The molecule has 0 bridgehead atoms. The van der Waals surface area contributed by atoms with E-state index in [1.807, 2.05) is 10.6 Å². The van der Waals surface area contributed by atoms with Crippen molar-refractivity contribution in [3.63, 3.8) is 0 Å². The zero-order valence-corrected chi connectivity index (χ0v) is 8.42. The molecule has 0 fully saturated rings. The van der Waals surface area contributed by atoms with Gasteiger partial charge in [0.15, 0.2) is 0 Å². The van der Waals surface area contributed by atoms with Gasteiger partial charge < -0.3 is 4.57 Å². The van der Waals surface area contributed by atoms with Gasteiger partial charge in [0.2, 0.25) is 0 Å². The molecule has 68 valence electrons. The zero-order chi connectivity index (χ0) is 9.10. The number of halogens is 1. The van der Waals surface area contributed by atoms with E-state index in [0.29, 0.717) is 5.88 Å². The van der Waals surface area contributed by atoms with E-state index in [9.17, 15) is 0 Å². The molecule has 5 heteroatoms. The summed E-state index contributed by atoms with van der Waals surface area (Å²) in [6.07, 6.45) is 1.71. The molecule has 0 N–H and O–H groups in total. The minimum atomic E-state index is 0.408. The topological polar surface area (TPSA) is 30.7 Å². The smallest absolute Gasteiger partial charge is 0.148 e. The standard InChI is InChI=1S/C8H8ClN3S/c9-4-8-11-10-6-12(8)5-7-2-1-3-13-7/h1-3,6H,4-5H2. The highest BCUT2D eigenvalue weighted by Crippen LogP contribution is 2.11. The van der Waals surface area contributed by atoms with Gasteiger partial charge in [-0.1, -0.05) is 6.07 Å². The van der Waals surface area contributed by atoms with Crippen LogP contribution in [0.5, 0.6) is 0 Å². The van der Waals surface area contributed by atoms with E-state index in [4.69, 9.17) is 11.6 Å². The Labute approximate surface area is 85.0 Å². The first-order valence-corrected chi connectivity index (χ1v) is 5.26. The average Bonchev–Trinajstić information content (AvgIpc) is 2.76. The van der Waals surface area contributed by atoms with Gasteiger partial charge in [-0.25, -0.2) is 0 Å². The maximum absolute atomic E-state index is 5.69. The quantitative estimate of drug-likeness (QED) is 0.732. The van der Waals surface area contributed by atoms with E-state index in [0.717, 1.165) is 12.4 Å². The fraction of sp³-hybridized carbons (Fsp3) is 0.250. The van der Waals surface area contributed by atoms with Crippen LogP contribution >= 0.6 is 22.9 Å². The van der Waals surface area contributed by atoms with Crippen LogP contribution in [0.25, 0.3) is 0 Å². The van der Waals surface area contributed by atoms with Crippen LogP contribution in [0.4, 0.5) is 0 Å². The summed E-state index contributed by atoms with van der Waals surface area (Å²) in [4.78, 5) is 1.28. The molecule has 0 aliphatic rings. The largest absolute Gasteiger partial charge is 0.311 e. The summed E-state index contributed by atoms with van der Waals surface area (Å²) >= 11 is 7.41. The van der Waals surface area contributed by atoms with Crippen molar-refractivity contribution in [2.75, 3.05) is 0 Å². The van der Waals surface area contributed by atoms with Crippen molar-refractivity contribution in [1.82, 2.24) is 14.8 Å². The summed E-state index contributed by atoms with van der Waals surface area (Å²) in [5, 5.41) is 9.76. The van der Waals surface area contributed by atoms with Gasteiger partial charge in [-0.15, -0.1) is 33.1 Å². The molecule has 2 aromatic heterocycles. The molecular weight excluding hydrogens is 206 g/mol. The number of hydrogen-bond acceptors (Lipinski definition) is 3. The van der Waals surface area contributed by atoms with Crippen LogP contribution in [0.2, 0.25) is 0 Å².